The minimum absolute atomic E-state index is 0.331. The molecule has 102 valence electrons. The molecule has 2 aliphatic rings. The average molecular weight is 262 g/mol. The number of hydrogen-bond acceptors (Lipinski definition) is 4. The third kappa shape index (κ3) is 2.51. The highest BCUT2D eigenvalue weighted by atomic mass is 16.8. The van der Waals surface area contributed by atoms with Gasteiger partial charge >= 0.3 is 5.97 Å². The van der Waals surface area contributed by atoms with Crippen molar-refractivity contribution in [3.8, 4) is 0 Å². The average Bonchev–Trinajstić information content (AvgIpc) is 3.01. The van der Waals surface area contributed by atoms with E-state index in [2.05, 4.69) is 0 Å². The fraction of sp³-hybridized carbons (Fsp3) is 0.533. The number of carbonyl (C=O) groups excluding carboxylic acids is 1. The normalized spacial score (nSPS) is 24.8. The van der Waals surface area contributed by atoms with Crippen LogP contribution in [0.5, 0.6) is 0 Å². The third-order valence-corrected chi connectivity index (χ3v) is 3.80. The highest BCUT2D eigenvalue weighted by Gasteiger charge is 2.45. The lowest BCUT2D eigenvalue weighted by Gasteiger charge is -2.21. The Bertz CT molecular complexity index is 477. The van der Waals surface area contributed by atoms with Gasteiger partial charge in [0.15, 0.2) is 5.79 Å². The summed E-state index contributed by atoms with van der Waals surface area (Å²) in [5.74, 6) is -0.835. The first-order valence-electron chi connectivity index (χ1n) is 6.77. The molecule has 1 atom stereocenters. The summed E-state index contributed by atoms with van der Waals surface area (Å²) in [6.07, 6.45) is 3.43. The van der Waals surface area contributed by atoms with E-state index in [9.17, 15) is 4.79 Å². The van der Waals surface area contributed by atoms with Crippen LogP contribution in [0.3, 0.4) is 0 Å². The first kappa shape index (κ1) is 12.6. The molecule has 1 spiro atoms. The molecule has 1 aliphatic heterocycles. The van der Waals surface area contributed by atoms with Crippen molar-refractivity contribution in [3.63, 3.8) is 0 Å². The molecule has 0 amide bonds. The summed E-state index contributed by atoms with van der Waals surface area (Å²) in [5.41, 5.74) is 1.49. The van der Waals surface area contributed by atoms with Crippen LogP contribution in [0.25, 0.3) is 0 Å². The molecule has 2 fully saturated rings. The molecule has 0 radical (unpaired) electrons. The van der Waals surface area contributed by atoms with E-state index < -0.39 is 12.1 Å². The first-order valence-corrected chi connectivity index (χ1v) is 6.77. The number of rotatable bonds is 2. The number of ether oxygens (including phenoxy) is 3. The van der Waals surface area contributed by atoms with Crippen LogP contribution in [-0.4, -0.2) is 24.7 Å². The second kappa shape index (κ2) is 4.94. The molecule has 3 rings (SSSR count). The van der Waals surface area contributed by atoms with Crippen LogP contribution < -0.4 is 0 Å². The van der Waals surface area contributed by atoms with Gasteiger partial charge in [-0.3, -0.25) is 0 Å². The molecule has 1 aliphatic carbocycles. The van der Waals surface area contributed by atoms with Gasteiger partial charge < -0.3 is 14.2 Å². The van der Waals surface area contributed by atoms with Gasteiger partial charge in [-0.25, -0.2) is 4.79 Å². The van der Waals surface area contributed by atoms with Gasteiger partial charge in [-0.15, -0.1) is 0 Å². The van der Waals surface area contributed by atoms with Gasteiger partial charge in [0, 0.05) is 12.8 Å². The van der Waals surface area contributed by atoms with Gasteiger partial charge in [-0.05, 0) is 31.4 Å². The lowest BCUT2D eigenvalue weighted by Crippen LogP contribution is -2.28. The Kier molecular flexibility index (Phi) is 3.29. The third-order valence-electron chi connectivity index (χ3n) is 3.80. The second-order valence-electron chi connectivity index (χ2n) is 5.20. The second-order valence-corrected chi connectivity index (χ2v) is 5.20. The summed E-state index contributed by atoms with van der Waals surface area (Å²) in [6.45, 7) is 2.22. The fourth-order valence-corrected chi connectivity index (χ4v) is 2.75. The van der Waals surface area contributed by atoms with E-state index in [1.54, 1.807) is 6.07 Å². The SMILES string of the molecule is Cc1ccccc1C(=O)OC1COC2(CCCC2)O1. The van der Waals surface area contributed by atoms with Gasteiger partial charge in [-0.2, -0.15) is 0 Å². The van der Waals surface area contributed by atoms with Crippen molar-refractivity contribution in [1.29, 1.82) is 0 Å². The van der Waals surface area contributed by atoms with E-state index in [0.717, 1.165) is 31.2 Å². The summed E-state index contributed by atoms with van der Waals surface area (Å²) >= 11 is 0. The van der Waals surface area contributed by atoms with E-state index in [1.807, 2.05) is 25.1 Å². The fourth-order valence-electron chi connectivity index (χ4n) is 2.75. The van der Waals surface area contributed by atoms with Crippen LogP contribution in [0.2, 0.25) is 0 Å². The first-order chi connectivity index (χ1) is 9.19. The number of benzene rings is 1. The zero-order chi connectivity index (χ0) is 13.3. The molecule has 1 heterocycles. The topological polar surface area (TPSA) is 44.8 Å². The van der Waals surface area contributed by atoms with Crippen molar-refractivity contribution in [2.75, 3.05) is 6.61 Å². The Hall–Kier alpha value is -1.39. The number of carbonyl (C=O) groups is 1. The molecule has 4 heteroatoms. The molecule has 19 heavy (non-hydrogen) atoms. The van der Waals surface area contributed by atoms with Crippen LogP contribution in [-0.2, 0) is 14.2 Å². The van der Waals surface area contributed by atoms with Crippen molar-refractivity contribution in [3.05, 3.63) is 35.4 Å². The lowest BCUT2D eigenvalue weighted by atomic mass is 10.1. The molecule has 1 saturated heterocycles. The highest BCUT2D eigenvalue weighted by molar-refractivity contribution is 5.91. The molecular formula is C15H18O4. The zero-order valence-corrected chi connectivity index (χ0v) is 11.1. The molecule has 1 saturated carbocycles. The Morgan fingerprint density at radius 2 is 2.05 bits per heavy atom. The van der Waals surface area contributed by atoms with E-state index >= 15 is 0 Å². The Morgan fingerprint density at radius 1 is 1.32 bits per heavy atom. The highest BCUT2D eigenvalue weighted by Crippen LogP contribution is 2.39. The van der Waals surface area contributed by atoms with Crippen molar-refractivity contribution in [2.45, 2.75) is 44.7 Å². The van der Waals surface area contributed by atoms with Gasteiger partial charge in [0.1, 0.15) is 6.61 Å². The van der Waals surface area contributed by atoms with Crippen LogP contribution >= 0.6 is 0 Å². The smallest absolute Gasteiger partial charge is 0.340 e. The van der Waals surface area contributed by atoms with Gasteiger partial charge in [0.05, 0.1) is 5.56 Å². The van der Waals surface area contributed by atoms with Crippen LogP contribution in [0.4, 0.5) is 0 Å². The van der Waals surface area contributed by atoms with Crippen molar-refractivity contribution in [2.24, 2.45) is 0 Å². The quantitative estimate of drug-likeness (QED) is 0.769. The molecule has 1 aromatic carbocycles. The summed E-state index contributed by atoms with van der Waals surface area (Å²) in [5, 5.41) is 0. The summed E-state index contributed by atoms with van der Waals surface area (Å²) in [4.78, 5) is 12.1. The maximum absolute atomic E-state index is 12.1. The number of hydrogen-bond donors (Lipinski definition) is 0. The van der Waals surface area contributed by atoms with E-state index in [1.165, 1.54) is 0 Å². The minimum Gasteiger partial charge on any atom is -0.429 e. The maximum atomic E-state index is 12.1. The summed E-state index contributed by atoms with van der Waals surface area (Å²) in [6, 6.07) is 7.38. The Morgan fingerprint density at radius 3 is 2.79 bits per heavy atom. The van der Waals surface area contributed by atoms with Gasteiger partial charge in [-0.1, -0.05) is 18.2 Å². The number of aryl methyl sites for hydroxylation is 1. The van der Waals surface area contributed by atoms with E-state index in [0.29, 0.717) is 12.2 Å². The molecule has 0 aromatic heterocycles. The lowest BCUT2D eigenvalue weighted by molar-refractivity contribution is -0.193. The molecule has 1 aromatic rings. The predicted molar refractivity (Wildman–Crippen MR) is 68.6 cm³/mol. The van der Waals surface area contributed by atoms with E-state index in [4.69, 9.17) is 14.2 Å². The van der Waals surface area contributed by atoms with Gasteiger partial charge in [0.25, 0.3) is 0 Å². The van der Waals surface area contributed by atoms with Crippen molar-refractivity contribution in [1.82, 2.24) is 0 Å². The zero-order valence-electron chi connectivity index (χ0n) is 11.1. The van der Waals surface area contributed by atoms with Crippen LogP contribution in [0, 0.1) is 6.92 Å². The molecule has 0 N–H and O–H groups in total. The monoisotopic (exact) mass is 262 g/mol. The minimum atomic E-state index is -0.579. The summed E-state index contributed by atoms with van der Waals surface area (Å²) in [7, 11) is 0. The van der Waals surface area contributed by atoms with Crippen molar-refractivity contribution >= 4 is 5.97 Å². The molecule has 0 bridgehead atoms. The van der Waals surface area contributed by atoms with Crippen molar-refractivity contribution < 1.29 is 19.0 Å². The maximum Gasteiger partial charge on any atom is 0.340 e. The Balaban J connectivity index is 1.63. The molecule has 4 nitrogen and oxygen atoms in total. The number of esters is 1. The van der Waals surface area contributed by atoms with Gasteiger partial charge in [0.2, 0.25) is 6.29 Å². The largest absolute Gasteiger partial charge is 0.429 e. The van der Waals surface area contributed by atoms with Crippen LogP contribution in [0.1, 0.15) is 41.6 Å². The van der Waals surface area contributed by atoms with Crippen LogP contribution in [0.15, 0.2) is 24.3 Å². The van der Waals surface area contributed by atoms with E-state index in [-0.39, 0.29) is 5.97 Å². The summed E-state index contributed by atoms with van der Waals surface area (Å²) < 4.78 is 16.8. The molecular weight excluding hydrogens is 244 g/mol. The standard InChI is InChI=1S/C15H18O4/c1-11-6-2-3-7-12(11)14(16)18-13-10-17-15(19-13)8-4-5-9-15/h2-3,6-7,13H,4-5,8-10H2,1H3. The predicted octanol–water partition coefficient (Wildman–Crippen LogP) is 2.80. The Labute approximate surface area is 112 Å². The molecule has 1 unspecified atom stereocenters.